The molecule has 0 aromatic rings. The predicted molar refractivity (Wildman–Crippen MR) is 122 cm³/mol. The first-order valence-corrected chi connectivity index (χ1v) is 12.3. The topological polar surface area (TPSA) is 95.8 Å². The number of nitriles is 1. The van der Waals surface area contributed by atoms with Crippen LogP contribution in [0.15, 0.2) is 4.99 Å². The summed E-state index contributed by atoms with van der Waals surface area (Å²) in [4.78, 5) is 21.8. The summed E-state index contributed by atoms with van der Waals surface area (Å²) in [6, 6.07) is 0.538. The van der Waals surface area contributed by atoms with E-state index >= 15 is 0 Å². The number of carbonyl (C=O) groups is 1. The molecule has 4 rings (SSSR count). The molecule has 2 aliphatic carbocycles. The van der Waals surface area contributed by atoms with E-state index in [1.54, 1.807) is 7.05 Å². The molecule has 0 spiro atoms. The van der Waals surface area contributed by atoms with Crippen molar-refractivity contribution >= 4 is 11.9 Å². The molecule has 178 valence electrons. The Bertz CT molecular complexity index is 714. The normalized spacial score (nSPS) is 38.6. The number of nitrogens with one attached hydrogen (secondary N) is 3. The molecule has 2 heterocycles. The predicted octanol–water partition coefficient (Wildman–Crippen LogP) is 1.20. The summed E-state index contributed by atoms with van der Waals surface area (Å²) < 4.78 is 14.4. The average molecular weight is 448 g/mol. The minimum atomic E-state index is -0.777. The number of piperazine rings is 1. The van der Waals surface area contributed by atoms with Crippen LogP contribution < -0.4 is 16.0 Å². The SMILES string of the molecule is CN=C(NC#N)N1CCN([C@@H]2CCC[C@@H](NC(=O)C3CC4C(F)CCC(C)C4N3)C2)CC1. The van der Waals surface area contributed by atoms with Crippen molar-refractivity contribution in [2.45, 2.75) is 82.2 Å². The van der Waals surface area contributed by atoms with Gasteiger partial charge in [-0.15, -0.1) is 0 Å². The van der Waals surface area contributed by atoms with Crippen LogP contribution >= 0.6 is 0 Å². The molecule has 5 unspecified atom stereocenters. The second-order valence-electron chi connectivity index (χ2n) is 10.0. The number of nitrogens with zero attached hydrogens (tertiary/aromatic N) is 4. The number of alkyl halides is 1. The van der Waals surface area contributed by atoms with Gasteiger partial charge in [-0.2, -0.15) is 5.26 Å². The van der Waals surface area contributed by atoms with Crippen molar-refractivity contribution in [1.82, 2.24) is 25.8 Å². The van der Waals surface area contributed by atoms with E-state index in [1.165, 1.54) is 0 Å². The highest BCUT2D eigenvalue weighted by molar-refractivity contribution is 5.82. The lowest BCUT2D eigenvalue weighted by Crippen LogP contribution is -2.56. The minimum absolute atomic E-state index is 0.0167. The van der Waals surface area contributed by atoms with Crippen LogP contribution in [-0.4, -0.2) is 85.2 Å². The molecule has 1 amide bonds. The molecule has 7 atom stereocenters. The molecule has 0 aromatic heterocycles. The van der Waals surface area contributed by atoms with Crippen molar-refractivity contribution in [2.24, 2.45) is 16.8 Å². The van der Waals surface area contributed by atoms with Crippen molar-refractivity contribution in [3.8, 4) is 6.19 Å². The van der Waals surface area contributed by atoms with Gasteiger partial charge < -0.3 is 15.5 Å². The lowest BCUT2D eigenvalue weighted by Gasteiger charge is -2.43. The fourth-order valence-electron chi connectivity index (χ4n) is 6.35. The zero-order chi connectivity index (χ0) is 22.7. The summed E-state index contributed by atoms with van der Waals surface area (Å²) >= 11 is 0. The number of carbonyl (C=O) groups excluding carboxylic acids is 1. The van der Waals surface area contributed by atoms with E-state index in [0.29, 0.717) is 30.8 Å². The first-order chi connectivity index (χ1) is 15.5. The second kappa shape index (κ2) is 10.3. The molecule has 4 aliphatic rings. The van der Waals surface area contributed by atoms with Gasteiger partial charge in [0, 0.05) is 57.3 Å². The molecule has 9 heteroatoms. The van der Waals surface area contributed by atoms with E-state index in [0.717, 1.165) is 58.3 Å². The Morgan fingerprint density at radius 3 is 2.62 bits per heavy atom. The Labute approximate surface area is 191 Å². The van der Waals surface area contributed by atoms with E-state index in [1.807, 2.05) is 6.19 Å². The number of aliphatic imine (C=N–C) groups is 1. The maximum absolute atomic E-state index is 14.4. The van der Waals surface area contributed by atoms with Crippen molar-refractivity contribution in [3.63, 3.8) is 0 Å². The van der Waals surface area contributed by atoms with Crippen molar-refractivity contribution in [3.05, 3.63) is 0 Å². The first kappa shape index (κ1) is 23.2. The van der Waals surface area contributed by atoms with Crippen molar-refractivity contribution in [1.29, 1.82) is 5.26 Å². The van der Waals surface area contributed by atoms with Gasteiger partial charge >= 0.3 is 0 Å². The number of amides is 1. The molecule has 4 fully saturated rings. The van der Waals surface area contributed by atoms with E-state index < -0.39 is 6.17 Å². The highest BCUT2D eigenvalue weighted by Crippen LogP contribution is 2.38. The van der Waals surface area contributed by atoms with Crippen molar-refractivity contribution in [2.75, 3.05) is 33.2 Å². The highest BCUT2D eigenvalue weighted by atomic mass is 19.1. The lowest BCUT2D eigenvalue weighted by atomic mass is 9.77. The van der Waals surface area contributed by atoms with Crippen LogP contribution in [0.25, 0.3) is 0 Å². The van der Waals surface area contributed by atoms with Crippen LogP contribution in [-0.2, 0) is 4.79 Å². The van der Waals surface area contributed by atoms with E-state index in [4.69, 9.17) is 5.26 Å². The molecule has 0 bridgehead atoms. The molecule has 2 saturated heterocycles. The Kier molecular flexibility index (Phi) is 7.51. The fourth-order valence-corrected chi connectivity index (χ4v) is 6.35. The molecular formula is C23H38FN7O. The largest absolute Gasteiger partial charge is 0.352 e. The van der Waals surface area contributed by atoms with Crippen LogP contribution in [0.2, 0.25) is 0 Å². The van der Waals surface area contributed by atoms with Crippen LogP contribution in [0, 0.1) is 23.3 Å². The van der Waals surface area contributed by atoms with Gasteiger partial charge in [-0.1, -0.05) is 6.92 Å². The summed E-state index contributed by atoms with van der Waals surface area (Å²) in [6.45, 7) is 5.72. The quantitative estimate of drug-likeness (QED) is 0.260. The summed E-state index contributed by atoms with van der Waals surface area (Å²) in [7, 11) is 1.70. The Hall–Kier alpha value is -1.92. The average Bonchev–Trinajstić information content (AvgIpc) is 3.28. The fraction of sp³-hybridized carbons (Fsp3) is 0.870. The Morgan fingerprint density at radius 2 is 1.94 bits per heavy atom. The third kappa shape index (κ3) is 5.01. The summed E-state index contributed by atoms with van der Waals surface area (Å²) in [5.74, 6) is 1.11. The number of rotatable bonds is 3. The van der Waals surface area contributed by atoms with E-state index in [-0.39, 0.29) is 30.0 Å². The molecule has 2 aliphatic heterocycles. The van der Waals surface area contributed by atoms with Crippen LogP contribution in [0.1, 0.15) is 51.9 Å². The van der Waals surface area contributed by atoms with Gasteiger partial charge in [0.15, 0.2) is 6.19 Å². The number of guanidine groups is 1. The third-order valence-electron chi connectivity index (χ3n) is 8.16. The van der Waals surface area contributed by atoms with Crippen LogP contribution in [0.4, 0.5) is 4.39 Å². The minimum Gasteiger partial charge on any atom is -0.352 e. The van der Waals surface area contributed by atoms with Gasteiger partial charge in [0.2, 0.25) is 11.9 Å². The maximum atomic E-state index is 14.4. The van der Waals surface area contributed by atoms with E-state index in [2.05, 4.69) is 37.7 Å². The summed E-state index contributed by atoms with van der Waals surface area (Å²) in [6.07, 6.45) is 7.59. The van der Waals surface area contributed by atoms with Gasteiger partial charge in [-0.3, -0.25) is 20.0 Å². The number of halogens is 1. The standard InChI is InChI=1S/C23H38FN7O/c1-15-6-7-19(24)18-13-20(29-21(15)18)22(32)28-16-4-3-5-17(12-16)30-8-10-31(11-9-30)23(26-2)27-14-25/h15-21,29H,3-13H2,1-2H3,(H,26,27)(H,28,32)/t15?,16-,17-,18?,19?,20?,21?/m1/s1. The van der Waals surface area contributed by atoms with Gasteiger partial charge in [0.1, 0.15) is 6.17 Å². The molecule has 0 radical (unpaired) electrons. The molecule has 32 heavy (non-hydrogen) atoms. The zero-order valence-electron chi connectivity index (χ0n) is 19.4. The first-order valence-electron chi connectivity index (χ1n) is 12.3. The Morgan fingerprint density at radius 1 is 1.16 bits per heavy atom. The maximum Gasteiger partial charge on any atom is 0.237 e. The number of hydrogen-bond acceptors (Lipinski definition) is 5. The van der Waals surface area contributed by atoms with Crippen LogP contribution in [0.3, 0.4) is 0 Å². The smallest absolute Gasteiger partial charge is 0.237 e. The third-order valence-corrected chi connectivity index (χ3v) is 8.16. The molecule has 0 aromatic carbocycles. The highest BCUT2D eigenvalue weighted by Gasteiger charge is 2.46. The monoisotopic (exact) mass is 447 g/mol. The van der Waals surface area contributed by atoms with Crippen LogP contribution in [0.5, 0.6) is 0 Å². The number of hydrogen-bond donors (Lipinski definition) is 3. The van der Waals surface area contributed by atoms with E-state index in [9.17, 15) is 9.18 Å². The lowest BCUT2D eigenvalue weighted by molar-refractivity contribution is -0.124. The van der Waals surface area contributed by atoms with Gasteiger partial charge in [0.05, 0.1) is 6.04 Å². The summed E-state index contributed by atoms with van der Waals surface area (Å²) in [5.41, 5.74) is 0. The zero-order valence-corrected chi connectivity index (χ0v) is 19.4. The molecule has 3 N–H and O–H groups in total. The molecular weight excluding hydrogens is 409 g/mol. The van der Waals surface area contributed by atoms with Gasteiger partial charge in [-0.25, -0.2) is 4.39 Å². The van der Waals surface area contributed by atoms with Gasteiger partial charge in [0.25, 0.3) is 0 Å². The Balaban J connectivity index is 1.26. The molecule has 8 nitrogen and oxygen atoms in total. The van der Waals surface area contributed by atoms with Crippen molar-refractivity contribution < 1.29 is 9.18 Å². The number of fused-ring (bicyclic) bond motifs is 1. The van der Waals surface area contributed by atoms with Gasteiger partial charge in [-0.05, 0) is 50.9 Å². The second-order valence-corrected chi connectivity index (χ2v) is 10.0. The molecule has 2 saturated carbocycles. The summed E-state index contributed by atoms with van der Waals surface area (Å²) in [5, 5.41) is 18.3.